The molecule has 5 saturated heterocycles. The maximum Gasteiger partial charge on any atom is 0.404 e. The number of benzene rings is 10. The number of likely N-dealkylation sites (tertiary alicyclic amines) is 3. The fraction of sp³-hybridized carbons (Fsp3) is 0.252. The molecule has 20 rings (SSSR count). The summed E-state index contributed by atoms with van der Waals surface area (Å²) in [6, 6.07) is 66.0. The van der Waals surface area contributed by atoms with Crippen molar-refractivity contribution in [3.63, 3.8) is 0 Å². The molecule has 0 bridgehead atoms. The van der Waals surface area contributed by atoms with Crippen LogP contribution in [0.25, 0.3) is 110 Å². The van der Waals surface area contributed by atoms with Crippen LogP contribution in [0.3, 0.4) is 0 Å². The first-order valence-electron chi connectivity index (χ1n) is 47.6. The third-order valence-electron chi connectivity index (χ3n) is 26.6. The molecule has 5 atom stereocenters. The van der Waals surface area contributed by atoms with Crippen LogP contribution >= 0.6 is 0 Å². The van der Waals surface area contributed by atoms with Gasteiger partial charge in [0.05, 0.1) is 47.3 Å². The molecule has 2 unspecified atom stereocenters. The quantitative estimate of drug-likeness (QED) is 0.0231. The van der Waals surface area contributed by atoms with Crippen molar-refractivity contribution in [2.24, 2.45) is 34.4 Å². The lowest BCUT2D eigenvalue weighted by Crippen LogP contribution is -2.53. The van der Waals surface area contributed by atoms with Crippen molar-refractivity contribution in [1.29, 1.82) is 0 Å². The Morgan fingerprint density at radius 3 is 0.959 bits per heavy atom. The van der Waals surface area contributed by atoms with Gasteiger partial charge < -0.3 is 49.8 Å². The van der Waals surface area contributed by atoms with E-state index in [2.05, 4.69) is 75.1 Å². The van der Waals surface area contributed by atoms with Gasteiger partial charge in [-0.3, -0.25) is 62.9 Å². The zero-order valence-corrected chi connectivity index (χ0v) is 80.0. The number of halogens is 8. The van der Waals surface area contributed by atoms with E-state index >= 15 is 0 Å². The van der Waals surface area contributed by atoms with Crippen LogP contribution in [0.1, 0.15) is 133 Å². The number of esters is 1. The average Bonchev–Trinajstić information content (AvgIpc) is 0.879. The third kappa shape index (κ3) is 25.0. The number of fused-ring (bicyclic) bond motifs is 5. The van der Waals surface area contributed by atoms with Gasteiger partial charge in [-0.2, -0.15) is 13.2 Å². The lowest BCUT2D eigenvalue weighted by Gasteiger charge is -2.37. The molecule has 750 valence electrons. The van der Waals surface area contributed by atoms with Gasteiger partial charge in [0.15, 0.2) is 0 Å². The minimum Gasteiger partial charge on any atom is -0.468 e. The predicted octanol–water partition coefficient (Wildman–Crippen LogP) is 15.9. The van der Waals surface area contributed by atoms with E-state index in [1.54, 1.807) is 103 Å². The summed E-state index contributed by atoms with van der Waals surface area (Å²) in [6.45, 7) is 12.8. The van der Waals surface area contributed by atoms with Gasteiger partial charge in [0.2, 0.25) is 11.8 Å². The van der Waals surface area contributed by atoms with Crippen LogP contribution in [-0.2, 0) is 51.8 Å². The Hall–Kier alpha value is -15.8. The number of aromatic nitrogens is 5. The minimum absolute atomic E-state index is 0.0137. The van der Waals surface area contributed by atoms with Gasteiger partial charge in [-0.1, -0.05) is 121 Å². The number of hydrogen-bond donors (Lipinski definition) is 8. The molecule has 27 nitrogen and oxygen atoms in total. The van der Waals surface area contributed by atoms with E-state index in [-0.39, 0.29) is 100 Å². The second-order valence-corrected chi connectivity index (χ2v) is 36.9. The minimum atomic E-state index is -4.26. The van der Waals surface area contributed by atoms with Gasteiger partial charge in [-0.25, -0.2) is 46.9 Å². The number of ether oxygens (including phenoxy) is 1. The maximum atomic E-state index is 13.4. The number of nitrogens with two attached hydrogens (primary N) is 6. The smallest absolute Gasteiger partial charge is 0.404 e. The molecule has 15 aromatic rings. The standard InChI is InChI=1S/C23H25FN4O.C23H22FN3O3.C22H19F4N3O.C22H21FN4O2.C21H19FN4O2/c1-14-12-28(15(2)11-26-14)13-16-3-8-19-20(17-4-6-18(24)7-5-17)10-22(23(25)29)27-21(19)9-16;1-30-23(29)21-3-2-10-27(21)13-14-4-9-17-18(15-5-7-16(24)8-6-15)12-20(22(25)28)26-19(17)11-14;23-15-6-4-14(5-7-15)17-11-19(21(27)30)28-18-10-13(3-8-16(17)18)12-29-9-1-2-20(29)22(24,25)26;23-15-6-4-14(5-7-15)17-11-19(21(24)28)26-18-10-13(3-8-16(17)18)12-27-9-1-2-20(27)22(25)29;22-15-4-2-14(3-5-15)17-10-19(21(23)28)25-18-9-13(1-6-16(17)18)11-26-8-7-24-20(27)12-26/h3-10,14-15,26H,11-13H2,1-2H3,(H2,25,29);4-9,11-12,21H,2-3,10,13H2,1H3,(H2,25,28);3-8,10-11,20H,1-2,9,12H2,(H2,27,30);3-8,10-11,20H,1-2,9,12H2,(H2,24,28)(H2,25,29);1-6,9-10H,7-8,11-12H2,(H2,23,28)(H,24,27)/t14?,15-;21-;;20-;/m00.0./s1. The second-order valence-electron chi connectivity index (χ2n) is 36.9. The van der Waals surface area contributed by atoms with E-state index in [0.717, 1.165) is 153 Å². The molecule has 10 aromatic carbocycles. The number of nitrogens with zero attached hydrogens (tertiary/aromatic N) is 10. The Kier molecular flexibility index (Phi) is 32.1. The number of piperazine rings is 2. The van der Waals surface area contributed by atoms with E-state index < -0.39 is 41.8 Å². The fourth-order valence-electron chi connectivity index (χ4n) is 19.3. The van der Waals surface area contributed by atoms with Gasteiger partial charge in [-0.15, -0.1) is 0 Å². The van der Waals surface area contributed by atoms with E-state index in [1.165, 1.54) is 78.7 Å². The first-order chi connectivity index (χ1) is 70.0. The molecule has 0 saturated carbocycles. The van der Waals surface area contributed by atoms with E-state index in [0.29, 0.717) is 107 Å². The SMILES string of the molecule is CC1CN(Cc2ccc3c(-c4ccc(F)cc4)cc(C(N)=O)nc3c2)[C@@H](C)CN1.COC(=O)[C@@H]1CCCN1Cc1ccc2c(-c3ccc(F)cc3)cc(C(N)=O)nc2c1.NC(=O)c1cc(-c2ccc(F)cc2)c2ccc(CN3CCCC3C(F)(F)F)cc2n1.NC(=O)c1cc(-c2ccc(F)cc2)c2ccc(CN3CCC[C@H]3C(N)=O)cc2n1.NC(=O)c1cc(-c2ccc(F)cc2)c2ccc(CN3CCNC(=O)C3)cc2n1. The Balaban J connectivity index is 0.000000131. The average molecular weight is 1990 g/mol. The van der Waals surface area contributed by atoms with Crippen molar-refractivity contribution < 1.29 is 78.2 Å². The summed E-state index contributed by atoms with van der Waals surface area (Å²) in [4.78, 5) is 126. The molecule has 5 fully saturated rings. The van der Waals surface area contributed by atoms with Gasteiger partial charge >= 0.3 is 12.1 Å². The number of alkyl halides is 3. The van der Waals surface area contributed by atoms with Crippen LogP contribution in [0.5, 0.6) is 0 Å². The Morgan fingerprint density at radius 1 is 0.370 bits per heavy atom. The monoisotopic (exact) mass is 1990 g/mol. The summed E-state index contributed by atoms with van der Waals surface area (Å²) in [6.07, 6.45) is -0.264. The zero-order valence-electron chi connectivity index (χ0n) is 80.0. The van der Waals surface area contributed by atoms with Crippen molar-refractivity contribution in [1.82, 2.24) is 60.1 Å². The molecule has 146 heavy (non-hydrogen) atoms. The van der Waals surface area contributed by atoms with Gasteiger partial charge in [0.25, 0.3) is 29.5 Å². The highest BCUT2D eigenvalue weighted by Gasteiger charge is 2.46. The van der Waals surface area contributed by atoms with Crippen LogP contribution in [0.2, 0.25) is 0 Å². The van der Waals surface area contributed by atoms with E-state index in [1.807, 2.05) is 66.7 Å². The largest absolute Gasteiger partial charge is 0.468 e. The molecule has 5 aliphatic heterocycles. The van der Waals surface area contributed by atoms with Crippen molar-refractivity contribution in [2.75, 3.05) is 59.5 Å². The molecule has 0 radical (unpaired) electrons. The number of nitrogens with one attached hydrogen (secondary N) is 2. The summed E-state index contributed by atoms with van der Waals surface area (Å²) in [5, 5.41) is 10.4. The highest BCUT2D eigenvalue weighted by atomic mass is 19.4. The molecular weight excluding hydrogens is 1880 g/mol. The molecule has 14 N–H and O–H groups in total. The van der Waals surface area contributed by atoms with Gasteiger partial charge in [-0.05, 0) is 277 Å². The highest BCUT2D eigenvalue weighted by molar-refractivity contribution is 6.06. The maximum absolute atomic E-state index is 13.4. The first-order valence-corrected chi connectivity index (χ1v) is 47.6. The summed E-state index contributed by atoms with van der Waals surface area (Å²) >= 11 is 0. The first kappa shape index (κ1) is 103. The number of pyridine rings is 5. The van der Waals surface area contributed by atoms with Gasteiger partial charge in [0, 0.05) is 97.9 Å². The Labute approximate surface area is 834 Å². The molecule has 0 aliphatic carbocycles. The number of hydrogen-bond acceptors (Lipinski definition) is 20. The number of primary amides is 6. The number of amides is 7. The summed E-state index contributed by atoms with van der Waals surface area (Å²) < 4.78 is 111. The van der Waals surface area contributed by atoms with E-state index in [4.69, 9.17) is 39.1 Å². The lowest BCUT2D eigenvalue weighted by molar-refractivity contribution is -0.177. The molecule has 35 heteroatoms. The van der Waals surface area contributed by atoms with E-state index in [9.17, 15) is 73.5 Å². The Bertz CT molecular complexity index is 7460. The van der Waals surface area contributed by atoms with Gasteiger partial charge in [0.1, 0.15) is 69.6 Å². The summed E-state index contributed by atoms with van der Waals surface area (Å²) in [7, 11) is 1.40. The van der Waals surface area contributed by atoms with Crippen LogP contribution in [0, 0.1) is 29.1 Å². The molecule has 7 amide bonds. The van der Waals surface area contributed by atoms with Crippen LogP contribution < -0.4 is 45.0 Å². The topological polar surface area (TPSA) is 407 Å². The van der Waals surface area contributed by atoms with Crippen molar-refractivity contribution >= 4 is 102 Å². The molecule has 10 heterocycles. The normalized spacial score (nSPS) is 17.2. The number of carbonyl (C=O) groups excluding carboxylic acids is 8. The zero-order chi connectivity index (χ0) is 103. The third-order valence-corrected chi connectivity index (χ3v) is 26.6. The van der Waals surface area contributed by atoms with Crippen LogP contribution in [0.4, 0.5) is 35.1 Å². The molecule has 0 spiro atoms. The molecular formula is C111H106F8N18O9. The summed E-state index contributed by atoms with van der Waals surface area (Å²) in [5.74, 6) is -5.38. The second kappa shape index (κ2) is 45.4. The van der Waals surface area contributed by atoms with Crippen LogP contribution in [0.15, 0.2) is 243 Å². The summed E-state index contributed by atoms with van der Waals surface area (Å²) in [5.41, 5.74) is 48.9. The predicted molar refractivity (Wildman–Crippen MR) is 541 cm³/mol. The fourth-order valence-corrected chi connectivity index (χ4v) is 19.3. The Morgan fingerprint density at radius 2 is 0.658 bits per heavy atom. The van der Waals surface area contributed by atoms with Crippen LogP contribution in [-0.4, -0.2) is 193 Å². The lowest BCUT2D eigenvalue weighted by atomic mass is 9.98. The van der Waals surface area contributed by atoms with Crippen molar-refractivity contribution in [3.05, 3.63) is 328 Å². The van der Waals surface area contributed by atoms with Crippen molar-refractivity contribution in [2.45, 2.75) is 121 Å². The molecule has 5 aromatic heterocycles. The number of carbonyl (C=O) groups is 8. The van der Waals surface area contributed by atoms with Crippen molar-refractivity contribution in [3.8, 4) is 55.6 Å². The number of methoxy groups -OCH3 is 1. The molecule has 5 aliphatic rings. The highest BCUT2D eigenvalue weighted by Crippen LogP contribution is 2.40. The number of rotatable bonds is 22.